The fraction of sp³-hybridized carbons (Fsp3) is 0.235. The summed E-state index contributed by atoms with van der Waals surface area (Å²) in [6.45, 7) is 0. The molecule has 1 saturated heterocycles. The number of benzene rings is 2. The van der Waals surface area contributed by atoms with Gasteiger partial charge in [-0.05, 0) is 29.8 Å². The zero-order valence-corrected chi connectivity index (χ0v) is 12.8. The number of amidine groups is 1. The van der Waals surface area contributed by atoms with Gasteiger partial charge in [-0.25, -0.2) is 0 Å². The average molecular weight is 301 g/mol. The molecule has 0 radical (unpaired) electrons. The van der Waals surface area contributed by atoms with E-state index in [2.05, 4.69) is 28.1 Å². The molecule has 1 atom stereocenters. The van der Waals surface area contributed by atoms with Gasteiger partial charge in [0.2, 0.25) is 0 Å². The van der Waals surface area contributed by atoms with Crippen LogP contribution in [-0.4, -0.2) is 20.0 Å². The maximum absolute atomic E-state index is 5.98. The molecular formula is C17H17ClN2O. The zero-order valence-electron chi connectivity index (χ0n) is 12.1. The van der Waals surface area contributed by atoms with Gasteiger partial charge < -0.3 is 9.64 Å². The highest BCUT2D eigenvalue weighted by molar-refractivity contribution is 6.30. The molecule has 2 aromatic rings. The van der Waals surface area contributed by atoms with Crippen molar-refractivity contribution in [3.05, 3.63) is 59.1 Å². The summed E-state index contributed by atoms with van der Waals surface area (Å²) in [6.07, 6.45) is 0.927. The summed E-state index contributed by atoms with van der Waals surface area (Å²) < 4.78 is 5.48. The Hall–Kier alpha value is -2.00. The number of methoxy groups -OCH3 is 1. The molecule has 3 rings (SSSR count). The first-order valence-electron chi connectivity index (χ1n) is 6.88. The van der Waals surface area contributed by atoms with E-state index >= 15 is 0 Å². The largest absolute Gasteiger partial charge is 0.495 e. The molecule has 0 aromatic heterocycles. The van der Waals surface area contributed by atoms with Gasteiger partial charge in [-0.15, -0.1) is 0 Å². The van der Waals surface area contributed by atoms with Crippen molar-refractivity contribution in [1.29, 1.82) is 0 Å². The second-order valence-corrected chi connectivity index (χ2v) is 5.39. The van der Waals surface area contributed by atoms with Crippen LogP contribution in [-0.2, 0) is 0 Å². The number of ether oxygens (including phenoxy) is 1. The second-order valence-electron chi connectivity index (χ2n) is 4.95. The van der Waals surface area contributed by atoms with Crippen molar-refractivity contribution in [2.45, 2.75) is 12.5 Å². The molecule has 0 N–H and O–H groups in total. The third-order valence-corrected chi connectivity index (χ3v) is 4.08. The van der Waals surface area contributed by atoms with Gasteiger partial charge in [0, 0.05) is 18.5 Å². The number of hydrogen-bond donors (Lipinski definition) is 0. The maximum atomic E-state index is 5.98. The van der Waals surface area contributed by atoms with Crippen LogP contribution in [0.25, 0.3) is 0 Å². The molecule has 0 bridgehead atoms. The van der Waals surface area contributed by atoms with Crippen LogP contribution in [0.4, 0.5) is 5.69 Å². The van der Waals surface area contributed by atoms with Crippen molar-refractivity contribution in [1.82, 2.24) is 0 Å². The quantitative estimate of drug-likeness (QED) is 0.843. The first kappa shape index (κ1) is 14.0. The first-order chi connectivity index (χ1) is 10.2. The van der Waals surface area contributed by atoms with E-state index in [0.717, 1.165) is 28.7 Å². The number of para-hydroxylation sites is 2. The lowest BCUT2D eigenvalue weighted by Gasteiger charge is -2.44. The Labute approximate surface area is 129 Å². The molecule has 4 heteroatoms. The minimum atomic E-state index is 0.275. The minimum Gasteiger partial charge on any atom is -0.495 e. The second kappa shape index (κ2) is 5.78. The number of rotatable bonds is 3. The van der Waals surface area contributed by atoms with Crippen LogP contribution in [0.1, 0.15) is 18.0 Å². The average Bonchev–Trinajstić information content (AvgIpc) is 2.49. The molecule has 1 aliphatic rings. The summed E-state index contributed by atoms with van der Waals surface area (Å²) in [5.41, 5.74) is 2.28. The van der Waals surface area contributed by atoms with Gasteiger partial charge in [0.25, 0.3) is 0 Å². The third kappa shape index (κ3) is 2.49. The topological polar surface area (TPSA) is 24.8 Å². The SMILES string of the molecule is CN=C1CC(c2ccc(Cl)cc2)N1c1ccccc1OC. The summed E-state index contributed by atoms with van der Waals surface area (Å²) in [4.78, 5) is 6.61. The lowest BCUT2D eigenvalue weighted by Crippen LogP contribution is -2.47. The Morgan fingerprint density at radius 1 is 1.14 bits per heavy atom. The Morgan fingerprint density at radius 3 is 2.52 bits per heavy atom. The van der Waals surface area contributed by atoms with E-state index < -0.39 is 0 Å². The molecule has 0 saturated carbocycles. The van der Waals surface area contributed by atoms with Gasteiger partial charge in [0.15, 0.2) is 0 Å². The van der Waals surface area contributed by atoms with E-state index in [4.69, 9.17) is 16.3 Å². The van der Waals surface area contributed by atoms with E-state index in [9.17, 15) is 0 Å². The maximum Gasteiger partial charge on any atom is 0.142 e. The third-order valence-electron chi connectivity index (χ3n) is 3.82. The molecule has 2 aromatic carbocycles. The minimum absolute atomic E-state index is 0.275. The van der Waals surface area contributed by atoms with Gasteiger partial charge in [-0.2, -0.15) is 0 Å². The van der Waals surface area contributed by atoms with Crippen LogP contribution < -0.4 is 9.64 Å². The molecule has 1 unspecified atom stereocenters. The highest BCUT2D eigenvalue weighted by Crippen LogP contribution is 2.43. The van der Waals surface area contributed by atoms with Gasteiger partial charge in [0.1, 0.15) is 11.6 Å². The number of anilines is 1. The first-order valence-corrected chi connectivity index (χ1v) is 7.25. The number of aliphatic imine (C=N–C) groups is 1. The molecule has 1 heterocycles. The number of hydrogen-bond acceptors (Lipinski definition) is 2. The van der Waals surface area contributed by atoms with Crippen LogP contribution in [0, 0.1) is 0 Å². The highest BCUT2D eigenvalue weighted by Gasteiger charge is 2.37. The van der Waals surface area contributed by atoms with Gasteiger partial charge in [0.05, 0.1) is 18.8 Å². The van der Waals surface area contributed by atoms with E-state index in [-0.39, 0.29) is 6.04 Å². The normalized spacial score (nSPS) is 19.5. The highest BCUT2D eigenvalue weighted by atomic mass is 35.5. The van der Waals surface area contributed by atoms with Crippen molar-refractivity contribution in [2.24, 2.45) is 4.99 Å². The van der Waals surface area contributed by atoms with Gasteiger partial charge in [-0.3, -0.25) is 4.99 Å². The molecule has 1 fully saturated rings. The number of halogens is 1. The lowest BCUT2D eigenvalue weighted by atomic mass is 9.92. The molecule has 0 amide bonds. The molecule has 0 spiro atoms. The van der Waals surface area contributed by atoms with Crippen LogP contribution in [0.15, 0.2) is 53.5 Å². The van der Waals surface area contributed by atoms with Crippen molar-refractivity contribution in [3.8, 4) is 5.75 Å². The van der Waals surface area contributed by atoms with E-state index in [1.165, 1.54) is 5.56 Å². The molecule has 3 nitrogen and oxygen atoms in total. The molecule has 108 valence electrons. The van der Waals surface area contributed by atoms with E-state index in [1.807, 2.05) is 37.4 Å². The Bertz CT molecular complexity index is 667. The monoisotopic (exact) mass is 300 g/mol. The predicted molar refractivity (Wildman–Crippen MR) is 87.6 cm³/mol. The van der Waals surface area contributed by atoms with Crippen molar-refractivity contribution >= 4 is 23.1 Å². The summed E-state index contributed by atoms with van der Waals surface area (Å²) in [5, 5.41) is 0.756. The Kier molecular flexibility index (Phi) is 3.84. The molecular weight excluding hydrogens is 284 g/mol. The van der Waals surface area contributed by atoms with Crippen LogP contribution >= 0.6 is 11.6 Å². The van der Waals surface area contributed by atoms with E-state index in [1.54, 1.807) is 7.11 Å². The Balaban J connectivity index is 1.98. The van der Waals surface area contributed by atoms with Crippen molar-refractivity contribution in [3.63, 3.8) is 0 Å². The molecule has 1 aliphatic heterocycles. The number of nitrogens with zero attached hydrogens (tertiary/aromatic N) is 2. The zero-order chi connectivity index (χ0) is 14.8. The van der Waals surface area contributed by atoms with Gasteiger partial charge >= 0.3 is 0 Å². The van der Waals surface area contributed by atoms with Crippen molar-refractivity contribution < 1.29 is 4.74 Å². The fourth-order valence-corrected chi connectivity index (χ4v) is 2.84. The van der Waals surface area contributed by atoms with E-state index in [0.29, 0.717) is 0 Å². The van der Waals surface area contributed by atoms with Gasteiger partial charge in [-0.1, -0.05) is 35.9 Å². The van der Waals surface area contributed by atoms with Crippen LogP contribution in [0.3, 0.4) is 0 Å². The summed E-state index contributed by atoms with van der Waals surface area (Å²) in [5.74, 6) is 1.93. The van der Waals surface area contributed by atoms with Crippen molar-refractivity contribution in [2.75, 3.05) is 19.1 Å². The predicted octanol–water partition coefficient (Wildman–Crippen LogP) is 4.33. The standard InChI is InChI=1S/C17H17ClN2O/c1-19-17-11-15(12-7-9-13(18)10-8-12)20(17)14-5-3-4-6-16(14)21-2/h3-10,15H,11H2,1-2H3. The lowest BCUT2D eigenvalue weighted by molar-refractivity contribution is 0.413. The molecule has 21 heavy (non-hydrogen) atoms. The summed E-state index contributed by atoms with van der Waals surface area (Å²) in [6, 6.07) is 16.3. The smallest absolute Gasteiger partial charge is 0.142 e. The van der Waals surface area contributed by atoms with Crippen LogP contribution in [0.2, 0.25) is 5.02 Å². The molecule has 0 aliphatic carbocycles. The fourth-order valence-electron chi connectivity index (χ4n) is 2.72. The summed E-state index contributed by atoms with van der Waals surface area (Å²) in [7, 11) is 3.52. The van der Waals surface area contributed by atoms with Crippen LogP contribution in [0.5, 0.6) is 5.75 Å². The summed E-state index contributed by atoms with van der Waals surface area (Å²) >= 11 is 5.98. The Morgan fingerprint density at radius 2 is 1.86 bits per heavy atom.